The van der Waals surface area contributed by atoms with Gasteiger partial charge in [0.1, 0.15) is 17.0 Å². The molecule has 0 radical (unpaired) electrons. The molecule has 0 amide bonds. The third-order valence-corrected chi connectivity index (χ3v) is 4.42. The normalized spacial score (nSPS) is 10.5. The van der Waals surface area contributed by atoms with Crippen molar-refractivity contribution in [3.05, 3.63) is 47.5 Å². The van der Waals surface area contributed by atoms with Crippen molar-refractivity contribution in [1.82, 2.24) is 20.3 Å². The molecule has 116 valence electrons. The molecule has 0 bridgehead atoms. The molecule has 3 aromatic rings. The molecule has 3 aromatic heterocycles. The largest absolute Gasteiger partial charge is 0.359 e. The Hall–Kier alpha value is -2.09. The number of nitrogens with one attached hydrogen (secondary N) is 2. The van der Waals surface area contributed by atoms with Gasteiger partial charge in [-0.15, -0.1) is 17.9 Å². The summed E-state index contributed by atoms with van der Waals surface area (Å²) in [6, 6.07) is 5.51. The molecule has 2 N–H and O–H groups in total. The average molecular weight is 362 g/mol. The molecule has 0 spiro atoms. The summed E-state index contributed by atoms with van der Waals surface area (Å²) in [6.45, 7) is 4.21. The van der Waals surface area contributed by atoms with Crippen molar-refractivity contribution in [2.24, 2.45) is 0 Å². The average Bonchev–Trinajstić information content (AvgIpc) is 2.99. The van der Waals surface area contributed by atoms with E-state index in [0.717, 1.165) is 10.6 Å². The summed E-state index contributed by atoms with van der Waals surface area (Å²) in [4.78, 5) is 14.3. The van der Waals surface area contributed by atoms with Crippen LogP contribution in [0.15, 0.2) is 42.4 Å². The van der Waals surface area contributed by atoms with Crippen LogP contribution in [0.25, 0.3) is 21.7 Å². The summed E-state index contributed by atoms with van der Waals surface area (Å²) in [6.07, 6.45) is 3.45. The van der Waals surface area contributed by atoms with Gasteiger partial charge in [-0.25, -0.2) is 9.97 Å². The van der Waals surface area contributed by atoms with E-state index in [0.29, 0.717) is 33.7 Å². The summed E-state index contributed by atoms with van der Waals surface area (Å²) in [5.74, 6) is 0.606. The van der Waals surface area contributed by atoms with E-state index in [-0.39, 0.29) is 0 Å². The molecule has 0 aromatic carbocycles. The van der Waals surface area contributed by atoms with Gasteiger partial charge in [-0.3, -0.25) is 4.98 Å². The van der Waals surface area contributed by atoms with Gasteiger partial charge in [0.15, 0.2) is 10.8 Å². The molecule has 3 heterocycles. The SMILES string of the molecule is C=CCNC(=S)Nc1ccc2ncc(-c3cc(Cl)cs3)nc2n1. The highest BCUT2D eigenvalue weighted by Gasteiger charge is 2.07. The van der Waals surface area contributed by atoms with Gasteiger partial charge in [0, 0.05) is 11.9 Å². The lowest BCUT2D eigenvalue weighted by Crippen LogP contribution is -2.28. The molecule has 0 unspecified atom stereocenters. The van der Waals surface area contributed by atoms with Gasteiger partial charge in [-0.2, -0.15) is 0 Å². The van der Waals surface area contributed by atoms with E-state index in [2.05, 4.69) is 32.2 Å². The van der Waals surface area contributed by atoms with Gasteiger partial charge in [0.05, 0.1) is 16.1 Å². The van der Waals surface area contributed by atoms with Crippen molar-refractivity contribution in [2.75, 3.05) is 11.9 Å². The standard InChI is InChI=1S/C15H12ClN5S2/c1-2-5-17-15(22)21-13-4-3-10-14(20-13)19-11(7-18-10)12-6-9(16)8-23-12/h2-4,6-8H,1,5H2,(H2,17,19,20,21,22). The van der Waals surface area contributed by atoms with Gasteiger partial charge in [-0.05, 0) is 30.4 Å². The zero-order valence-corrected chi connectivity index (χ0v) is 14.3. The minimum Gasteiger partial charge on any atom is -0.359 e. The maximum Gasteiger partial charge on any atom is 0.180 e. The lowest BCUT2D eigenvalue weighted by Gasteiger charge is -2.08. The van der Waals surface area contributed by atoms with E-state index >= 15 is 0 Å². The Morgan fingerprint density at radius 1 is 1.39 bits per heavy atom. The first-order valence-electron chi connectivity index (χ1n) is 6.69. The highest BCUT2D eigenvalue weighted by atomic mass is 35.5. The van der Waals surface area contributed by atoms with Gasteiger partial charge >= 0.3 is 0 Å². The van der Waals surface area contributed by atoms with E-state index < -0.39 is 0 Å². The molecule has 5 nitrogen and oxygen atoms in total. The van der Waals surface area contributed by atoms with Crippen molar-refractivity contribution in [1.29, 1.82) is 0 Å². The smallest absolute Gasteiger partial charge is 0.180 e. The predicted octanol–water partition coefficient (Wildman–Crippen LogP) is 3.88. The second kappa shape index (κ2) is 6.99. The number of halogens is 1. The van der Waals surface area contributed by atoms with Crippen molar-refractivity contribution in [3.8, 4) is 10.6 Å². The third-order valence-electron chi connectivity index (χ3n) is 2.88. The molecular formula is C15H12ClN5S2. The van der Waals surface area contributed by atoms with Gasteiger partial charge < -0.3 is 10.6 Å². The number of fused-ring (bicyclic) bond motifs is 1. The molecule has 0 aliphatic rings. The van der Waals surface area contributed by atoms with Gasteiger partial charge in [0.2, 0.25) is 0 Å². The van der Waals surface area contributed by atoms with E-state index in [9.17, 15) is 0 Å². The van der Waals surface area contributed by atoms with Crippen molar-refractivity contribution in [2.45, 2.75) is 0 Å². The number of nitrogens with zero attached hydrogens (tertiary/aromatic N) is 3. The van der Waals surface area contributed by atoms with Crippen LogP contribution in [0.5, 0.6) is 0 Å². The number of rotatable bonds is 4. The Morgan fingerprint density at radius 3 is 3.00 bits per heavy atom. The van der Waals surface area contributed by atoms with E-state index in [1.54, 1.807) is 18.3 Å². The van der Waals surface area contributed by atoms with E-state index in [4.69, 9.17) is 23.8 Å². The quantitative estimate of drug-likeness (QED) is 0.543. The fourth-order valence-corrected chi connectivity index (χ4v) is 3.08. The van der Waals surface area contributed by atoms with Crippen LogP contribution in [0.4, 0.5) is 5.82 Å². The molecule has 0 aliphatic carbocycles. The zero-order valence-electron chi connectivity index (χ0n) is 11.9. The second-order valence-electron chi connectivity index (χ2n) is 4.55. The fourth-order valence-electron chi connectivity index (χ4n) is 1.86. The number of thiophene rings is 1. The van der Waals surface area contributed by atoms with Gasteiger partial charge in [-0.1, -0.05) is 17.7 Å². The van der Waals surface area contributed by atoms with Crippen molar-refractivity contribution >= 4 is 57.2 Å². The number of pyridine rings is 1. The van der Waals surface area contributed by atoms with Crippen LogP contribution >= 0.6 is 35.2 Å². The molecule has 0 atom stereocenters. The predicted molar refractivity (Wildman–Crippen MR) is 100 cm³/mol. The molecule has 0 saturated heterocycles. The Bertz CT molecular complexity index is 877. The Kier molecular flexibility index (Phi) is 4.80. The summed E-state index contributed by atoms with van der Waals surface area (Å²) in [5.41, 5.74) is 2.00. The molecule has 8 heteroatoms. The lowest BCUT2D eigenvalue weighted by molar-refractivity contribution is 1.06. The van der Waals surface area contributed by atoms with Crippen LogP contribution in [0.1, 0.15) is 0 Å². The Labute approximate surface area is 147 Å². The maximum absolute atomic E-state index is 5.96. The fraction of sp³-hybridized carbons (Fsp3) is 0.0667. The summed E-state index contributed by atoms with van der Waals surface area (Å²) >= 11 is 12.6. The third kappa shape index (κ3) is 3.82. The second-order valence-corrected chi connectivity index (χ2v) is 6.30. The highest BCUT2D eigenvalue weighted by molar-refractivity contribution is 7.80. The first kappa shape index (κ1) is 15.8. The molecule has 3 rings (SSSR count). The maximum atomic E-state index is 5.96. The Morgan fingerprint density at radius 2 is 2.26 bits per heavy atom. The number of hydrogen-bond donors (Lipinski definition) is 2. The summed E-state index contributed by atoms with van der Waals surface area (Å²) < 4.78 is 0. The van der Waals surface area contributed by atoms with Crippen LogP contribution in [0, 0.1) is 0 Å². The zero-order chi connectivity index (χ0) is 16.2. The topological polar surface area (TPSA) is 62.7 Å². The number of thiocarbonyl (C=S) groups is 1. The Balaban J connectivity index is 1.88. The van der Waals surface area contributed by atoms with Crippen molar-refractivity contribution < 1.29 is 0 Å². The number of aromatic nitrogens is 3. The minimum atomic E-state index is 0.478. The van der Waals surface area contributed by atoms with Crippen LogP contribution in [0.3, 0.4) is 0 Å². The summed E-state index contributed by atoms with van der Waals surface area (Å²) in [7, 11) is 0. The van der Waals surface area contributed by atoms with Crippen LogP contribution in [0.2, 0.25) is 5.02 Å². The highest BCUT2D eigenvalue weighted by Crippen LogP contribution is 2.28. The molecule has 0 fully saturated rings. The monoisotopic (exact) mass is 361 g/mol. The minimum absolute atomic E-state index is 0.478. The first-order valence-corrected chi connectivity index (χ1v) is 8.36. The molecule has 23 heavy (non-hydrogen) atoms. The van der Waals surface area contributed by atoms with Crippen LogP contribution < -0.4 is 10.6 Å². The summed E-state index contributed by atoms with van der Waals surface area (Å²) in [5, 5.41) is 9.01. The van der Waals surface area contributed by atoms with Crippen molar-refractivity contribution in [3.63, 3.8) is 0 Å². The van der Waals surface area contributed by atoms with Gasteiger partial charge in [0.25, 0.3) is 0 Å². The number of anilines is 1. The van der Waals surface area contributed by atoms with E-state index in [1.165, 1.54) is 11.3 Å². The van der Waals surface area contributed by atoms with E-state index in [1.807, 2.05) is 17.5 Å². The lowest BCUT2D eigenvalue weighted by atomic mass is 10.3. The van der Waals surface area contributed by atoms with Crippen LogP contribution in [-0.4, -0.2) is 26.6 Å². The number of hydrogen-bond acceptors (Lipinski definition) is 5. The molecule has 0 saturated carbocycles. The first-order chi connectivity index (χ1) is 11.2. The molecule has 0 aliphatic heterocycles. The molecular weight excluding hydrogens is 350 g/mol. The van der Waals surface area contributed by atoms with Crippen LogP contribution in [-0.2, 0) is 0 Å².